The van der Waals surface area contributed by atoms with Crippen LogP contribution >= 0.6 is 0 Å². The molecule has 2 atom stereocenters. The number of nitrogens with one attached hydrogen (secondary N) is 2. The largest absolute Gasteiger partial charge is 0.364 e. The van der Waals surface area contributed by atoms with Gasteiger partial charge in [-0.3, -0.25) is 14.3 Å². The van der Waals surface area contributed by atoms with E-state index in [1.807, 2.05) is 0 Å². The van der Waals surface area contributed by atoms with Gasteiger partial charge >= 0.3 is 0 Å². The van der Waals surface area contributed by atoms with E-state index in [9.17, 15) is 9.59 Å². The predicted molar refractivity (Wildman–Crippen MR) is 107 cm³/mol. The Hall–Kier alpha value is -3.47. The molecule has 3 aromatic rings. The van der Waals surface area contributed by atoms with Crippen LogP contribution in [0, 0.1) is 0 Å². The van der Waals surface area contributed by atoms with Gasteiger partial charge in [-0.1, -0.05) is 12.8 Å². The fourth-order valence-corrected chi connectivity index (χ4v) is 3.59. The van der Waals surface area contributed by atoms with Crippen molar-refractivity contribution >= 4 is 29.0 Å². The van der Waals surface area contributed by atoms with Gasteiger partial charge in [0, 0.05) is 25.3 Å². The molecule has 11 heteroatoms. The minimum absolute atomic E-state index is 0.00928. The highest BCUT2D eigenvalue weighted by Gasteiger charge is 2.23. The molecule has 4 rings (SSSR count). The van der Waals surface area contributed by atoms with Gasteiger partial charge in [-0.25, -0.2) is 9.50 Å². The van der Waals surface area contributed by atoms with Gasteiger partial charge in [0.1, 0.15) is 5.69 Å². The zero-order chi connectivity index (χ0) is 20.5. The molecule has 0 bridgehead atoms. The monoisotopic (exact) mass is 397 g/mol. The van der Waals surface area contributed by atoms with Crippen LogP contribution in [0.3, 0.4) is 0 Å². The highest BCUT2D eigenvalue weighted by Crippen LogP contribution is 2.20. The summed E-state index contributed by atoms with van der Waals surface area (Å²) in [6.07, 6.45) is 7.31. The van der Waals surface area contributed by atoms with Crippen molar-refractivity contribution in [2.24, 2.45) is 18.5 Å². The first-order valence-corrected chi connectivity index (χ1v) is 9.44. The summed E-state index contributed by atoms with van der Waals surface area (Å²) < 4.78 is 2.91. The van der Waals surface area contributed by atoms with Crippen LogP contribution in [0.25, 0.3) is 5.52 Å². The van der Waals surface area contributed by atoms with Gasteiger partial charge in [-0.2, -0.15) is 5.10 Å². The summed E-state index contributed by atoms with van der Waals surface area (Å²) in [7, 11) is 1.63. The number of primary amides is 1. The van der Waals surface area contributed by atoms with Gasteiger partial charge < -0.3 is 22.1 Å². The summed E-state index contributed by atoms with van der Waals surface area (Å²) in [6.45, 7) is 0. The summed E-state index contributed by atoms with van der Waals surface area (Å²) in [5.74, 6) is -0.762. The number of carbonyl (C=O) groups excluding carboxylic acids is 2. The van der Waals surface area contributed by atoms with Crippen molar-refractivity contribution in [3.8, 4) is 0 Å². The molecule has 1 aliphatic rings. The number of fused-ring (bicyclic) bond motifs is 1. The summed E-state index contributed by atoms with van der Waals surface area (Å²) in [5.41, 5.74) is 12.7. The molecule has 11 nitrogen and oxygen atoms in total. The first-order valence-electron chi connectivity index (χ1n) is 9.44. The Labute approximate surface area is 166 Å². The van der Waals surface area contributed by atoms with Crippen LogP contribution < -0.4 is 22.1 Å². The second-order valence-corrected chi connectivity index (χ2v) is 7.22. The van der Waals surface area contributed by atoms with Crippen molar-refractivity contribution in [2.75, 3.05) is 10.6 Å². The van der Waals surface area contributed by atoms with E-state index in [1.165, 1.54) is 15.4 Å². The quantitative estimate of drug-likeness (QED) is 0.488. The molecule has 3 heterocycles. The smallest absolute Gasteiger partial charge is 0.274 e. The first kappa shape index (κ1) is 18.9. The molecule has 152 valence electrons. The minimum Gasteiger partial charge on any atom is -0.364 e. The zero-order valence-corrected chi connectivity index (χ0v) is 16.0. The average Bonchev–Trinajstić information content (AvgIpc) is 3.26. The molecule has 0 radical (unpaired) electrons. The number of nitrogens with zero attached hydrogens (tertiary/aromatic N) is 5. The van der Waals surface area contributed by atoms with Crippen molar-refractivity contribution in [3.05, 3.63) is 35.9 Å². The molecular formula is C18H23N9O2. The van der Waals surface area contributed by atoms with Crippen LogP contribution in [0.4, 0.5) is 11.6 Å². The maximum absolute atomic E-state index is 12.8. The summed E-state index contributed by atoms with van der Waals surface area (Å²) in [4.78, 5) is 28.7. The number of rotatable bonds is 5. The second kappa shape index (κ2) is 7.51. The number of nitrogens with two attached hydrogens (primary N) is 2. The lowest BCUT2D eigenvalue weighted by molar-refractivity contribution is 0.0995. The third-order valence-electron chi connectivity index (χ3n) is 5.08. The standard InChI is InChI=1S/C18H23N9O2/c1-26-9-13(15(24-26)16(20)28)22-17(29)14-7-6-10-8-21-18(25-27(10)14)23-12-5-3-2-4-11(12)19/h6-9,11-12H,2-5,19H2,1H3,(H2,20,28)(H,22,29)(H,23,25). The maximum Gasteiger partial charge on any atom is 0.274 e. The first-order chi connectivity index (χ1) is 13.9. The van der Waals surface area contributed by atoms with Gasteiger partial charge in [0.15, 0.2) is 5.69 Å². The van der Waals surface area contributed by atoms with Gasteiger partial charge in [-0.05, 0) is 25.0 Å². The third-order valence-corrected chi connectivity index (χ3v) is 5.08. The zero-order valence-electron chi connectivity index (χ0n) is 16.0. The maximum atomic E-state index is 12.8. The molecule has 1 saturated carbocycles. The van der Waals surface area contributed by atoms with Crippen LogP contribution in [0.5, 0.6) is 0 Å². The molecule has 0 aliphatic heterocycles. The second-order valence-electron chi connectivity index (χ2n) is 7.22. The molecule has 2 unspecified atom stereocenters. The fourth-order valence-electron chi connectivity index (χ4n) is 3.59. The Morgan fingerprint density at radius 2 is 2.00 bits per heavy atom. The molecule has 3 aromatic heterocycles. The fraction of sp³-hybridized carbons (Fsp3) is 0.389. The van der Waals surface area contributed by atoms with E-state index >= 15 is 0 Å². The topological polar surface area (TPSA) is 158 Å². The van der Waals surface area contributed by atoms with Crippen LogP contribution in [0.2, 0.25) is 0 Å². The van der Waals surface area contributed by atoms with E-state index in [0.717, 1.165) is 25.7 Å². The highest BCUT2D eigenvalue weighted by molar-refractivity contribution is 6.07. The Morgan fingerprint density at radius 1 is 1.21 bits per heavy atom. The molecule has 0 spiro atoms. The van der Waals surface area contributed by atoms with Crippen molar-refractivity contribution in [1.82, 2.24) is 24.4 Å². The van der Waals surface area contributed by atoms with Crippen LogP contribution in [0.1, 0.15) is 46.7 Å². The number of amides is 2. The summed E-state index contributed by atoms with van der Waals surface area (Å²) in [5, 5.41) is 14.4. The lowest BCUT2D eigenvalue weighted by Gasteiger charge is -2.29. The van der Waals surface area contributed by atoms with Gasteiger partial charge in [-0.15, -0.1) is 5.10 Å². The summed E-state index contributed by atoms with van der Waals surface area (Å²) >= 11 is 0. The van der Waals surface area contributed by atoms with E-state index in [-0.39, 0.29) is 29.2 Å². The molecule has 1 fully saturated rings. The van der Waals surface area contributed by atoms with E-state index in [0.29, 0.717) is 11.5 Å². The number of carbonyl (C=O) groups is 2. The number of hydrogen-bond donors (Lipinski definition) is 4. The molecule has 29 heavy (non-hydrogen) atoms. The Balaban J connectivity index is 1.59. The molecule has 2 amide bonds. The Morgan fingerprint density at radius 3 is 2.76 bits per heavy atom. The molecule has 1 aliphatic carbocycles. The number of aryl methyl sites for hydroxylation is 1. The average molecular weight is 397 g/mol. The Kier molecular flexibility index (Phi) is 4.89. The van der Waals surface area contributed by atoms with Crippen molar-refractivity contribution in [3.63, 3.8) is 0 Å². The third kappa shape index (κ3) is 3.76. The van der Waals surface area contributed by atoms with E-state index in [1.54, 1.807) is 25.4 Å². The van der Waals surface area contributed by atoms with Gasteiger partial charge in [0.05, 0.1) is 17.4 Å². The predicted octanol–water partition coefficient (Wildman–Crippen LogP) is 0.496. The van der Waals surface area contributed by atoms with E-state index in [2.05, 4.69) is 25.8 Å². The normalized spacial score (nSPS) is 19.2. The Bertz CT molecular complexity index is 1070. The van der Waals surface area contributed by atoms with Gasteiger partial charge in [0.25, 0.3) is 11.8 Å². The molecule has 0 saturated heterocycles. The highest BCUT2D eigenvalue weighted by atomic mass is 16.2. The van der Waals surface area contributed by atoms with Crippen molar-refractivity contribution in [2.45, 2.75) is 37.8 Å². The van der Waals surface area contributed by atoms with Crippen LogP contribution in [0.15, 0.2) is 24.5 Å². The number of hydrogen-bond acceptors (Lipinski definition) is 7. The lowest BCUT2D eigenvalue weighted by Crippen LogP contribution is -2.43. The van der Waals surface area contributed by atoms with Crippen LogP contribution in [-0.2, 0) is 7.05 Å². The van der Waals surface area contributed by atoms with Crippen LogP contribution in [-0.4, -0.2) is 48.3 Å². The minimum atomic E-state index is -0.724. The molecule has 6 N–H and O–H groups in total. The van der Waals surface area contributed by atoms with Crippen molar-refractivity contribution in [1.29, 1.82) is 0 Å². The molecular weight excluding hydrogens is 374 g/mol. The number of anilines is 2. The molecule has 0 aromatic carbocycles. The summed E-state index contributed by atoms with van der Waals surface area (Å²) in [6, 6.07) is 3.52. The van der Waals surface area contributed by atoms with Gasteiger partial charge in [0.2, 0.25) is 5.95 Å². The number of aromatic nitrogens is 5. The van der Waals surface area contributed by atoms with E-state index in [4.69, 9.17) is 11.5 Å². The van der Waals surface area contributed by atoms with E-state index < -0.39 is 11.8 Å². The van der Waals surface area contributed by atoms with Crippen molar-refractivity contribution < 1.29 is 9.59 Å². The SMILES string of the molecule is Cn1cc(NC(=O)c2ccc3cnc(NC4CCCCC4N)nn23)c(C(N)=O)n1. The lowest BCUT2D eigenvalue weighted by atomic mass is 9.91.